The lowest BCUT2D eigenvalue weighted by molar-refractivity contribution is 0.110. The number of nitrogens with zero attached hydrogens (tertiary/aromatic N) is 1. The Bertz CT molecular complexity index is 572. The number of nitrogens with one attached hydrogen (secondary N) is 1. The minimum atomic E-state index is 0.602. The van der Waals surface area contributed by atoms with Crippen molar-refractivity contribution in [3.05, 3.63) is 35.5 Å². The van der Waals surface area contributed by atoms with Crippen molar-refractivity contribution in [3.8, 4) is 0 Å². The Hall–Kier alpha value is -1.28. The van der Waals surface area contributed by atoms with Gasteiger partial charge in [0.1, 0.15) is 0 Å². The number of hydrogen-bond acceptors (Lipinski definition) is 1. The van der Waals surface area contributed by atoms with Crippen molar-refractivity contribution in [2.75, 3.05) is 0 Å². The molecule has 0 aliphatic heterocycles. The first-order valence-electron chi connectivity index (χ1n) is 7.43. The highest BCUT2D eigenvalue weighted by molar-refractivity contribution is 5.87. The largest absolute Gasteiger partial charge is 0.361 e. The van der Waals surface area contributed by atoms with Gasteiger partial charge in [-0.05, 0) is 57.7 Å². The fourth-order valence-corrected chi connectivity index (χ4v) is 3.90. The van der Waals surface area contributed by atoms with Crippen LogP contribution in [0.4, 0.5) is 0 Å². The molecule has 1 aliphatic carbocycles. The van der Waals surface area contributed by atoms with Gasteiger partial charge < -0.3 is 4.98 Å². The van der Waals surface area contributed by atoms with Crippen LogP contribution in [0.1, 0.15) is 38.8 Å². The van der Waals surface area contributed by atoms with Crippen LogP contribution in [-0.2, 0) is 12.8 Å². The SMILES string of the molecule is CC(C)N(C(C)C)C1Cc2cccc3[nH]cc(c23)C1. The summed E-state index contributed by atoms with van der Waals surface area (Å²) >= 11 is 0. The highest BCUT2D eigenvalue weighted by Crippen LogP contribution is 2.32. The molecule has 2 heteroatoms. The number of rotatable bonds is 3. The molecular formula is C17H24N2. The van der Waals surface area contributed by atoms with Crippen molar-refractivity contribution >= 4 is 10.9 Å². The van der Waals surface area contributed by atoms with E-state index in [9.17, 15) is 0 Å². The van der Waals surface area contributed by atoms with Crippen LogP contribution in [0.3, 0.4) is 0 Å². The molecule has 2 nitrogen and oxygen atoms in total. The molecule has 1 unspecified atom stereocenters. The average molecular weight is 256 g/mol. The molecule has 1 N–H and O–H groups in total. The lowest BCUT2D eigenvalue weighted by Gasteiger charge is -2.40. The normalized spacial score (nSPS) is 19.0. The second-order valence-electron chi connectivity index (χ2n) is 6.35. The predicted molar refractivity (Wildman–Crippen MR) is 81.6 cm³/mol. The van der Waals surface area contributed by atoms with Crippen molar-refractivity contribution in [1.82, 2.24) is 9.88 Å². The van der Waals surface area contributed by atoms with Crippen LogP contribution in [0.15, 0.2) is 24.4 Å². The van der Waals surface area contributed by atoms with E-state index in [-0.39, 0.29) is 0 Å². The van der Waals surface area contributed by atoms with E-state index in [4.69, 9.17) is 0 Å². The van der Waals surface area contributed by atoms with E-state index >= 15 is 0 Å². The Kier molecular flexibility index (Phi) is 3.14. The van der Waals surface area contributed by atoms with Gasteiger partial charge >= 0.3 is 0 Å². The van der Waals surface area contributed by atoms with Crippen LogP contribution in [0, 0.1) is 0 Å². The summed E-state index contributed by atoms with van der Waals surface area (Å²) in [5.74, 6) is 0. The van der Waals surface area contributed by atoms with Gasteiger partial charge in [0, 0.05) is 35.2 Å². The first-order chi connectivity index (χ1) is 9.08. The zero-order chi connectivity index (χ0) is 13.6. The molecule has 0 amide bonds. The Balaban J connectivity index is 1.98. The summed E-state index contributed by atoms with van der Waals surface area (Å²) < 4.78 is 0. The summed E-state index contributed by atoms with van der Waals surface area (Å²) in [5, 5.41) is 1.48. The predicted octanol–water partition coefficient (Wildman–Crippen LogP) is 3.75. The number of H-pyrrole nitrogens is 1. The van der Waals surface area contributed by atoms with E-state index in [0.717, 1.165) is 0 Å². The maximum atomic E-state index is 3.42. The highest BCUT2D eigenvalue weighted by atomic mass is 15.2. The van der Waals surface area contributed by atoms with E-state index in [1.54, 1.807) is 0 Å². The van der Waals surface area contributed by atoms with Gasteiger partial charge in [-0.15, -0.1) is 0 Å². The van der Waals surface area contributed by atoms with Crippen LogP contribution in [0.25, 0.3) is 10.9 Å². The van der Waals surface area contributed by atoms with Gasteiger partial charge in [0.05, 0.1) is 0 Å². The van der Waals surface area contributed by atoms with Gasteiger partial charge in [-0.1, -0.05) is 12.1 Å². The summed E-state index contributed by atoms with van der Waals surface area (Å²) in [7, 11) is 0. The fraction of sp³-hybridized carbons (Fsp3) is 0.529. The summed E-state index contributed by atoms with van der Waals surface area (Å²) in [6.07, 6.45) is 4.56. The molecule has 0 bridgehead atoms. The number of aromatic nitrogens is 1. The molecule has 1 atom stereocenters. The molecule has 0 spiro atoms. The summed E-state index contributed by atoms with van der Waals surface area (Å²) in [4.78, 5) is 6.08. The molecule has 3 rings (SSSR count). The highest BCUT2D eigenvalue weighted by Gasteiger charge is 2.29. The van der Waals surface area contributed by atoms with E-state index in [1.807, 2.05) is 0 Å². The number of benzene rings is 1. The third-order valence-electron chi connectivity index (χ3n) is 4.40. The third-order valence-corrected chi connectivity index (χ3v) is 4.40. The van der Waals surface area contributed by atoms with Crippen molar-refractivity contribution in [2.24, 2.45) is 0 Å². The van der Waals surface area contributed by atoms with Crippen molar-refractivity contribution < 1.29 is 0 Å². The molecule has 0 saturated carbocycles. The number of hydrogen-bond donors (Lipinski definition) is 1. The quantitative estimate of drug-likeness (QED) is 0.886. The Morgan fingerprint density at radius 2 is 1.74 bits per heavy atom. The molecular weight excluding hydrogens is 232 g/mol. The molecule has 0 radical (unpaired) electrons. The smallest absolute Gasteiger partial charge is 0.0459 e. The van der Waals surface area contributed by atoms with Crippen molar-refractivity contribution in [1.29, 1.82) is 0 Å². The minimum Gasteiger partial charge on any atom is -0.361 e. The Morgan fingerprint density at radius 3 is 2.42 bits per heavy atom. The molecule has 1 aliphatic rings. The first kappa shape index (κ1) is 12.7. The molecule has 1 heterocycles. The lowest BCUT2D eigenvalue weighted by Crippen LogP contribution is -2.48. The molecule has 0 fully saturated rings. The van der Waals surface area contributed by atoms with Crippen LogP contribution >= 0.6 is 0 Å². The van der Waals surface area contributed by atoms with E-state index in [2.05, 4.69) is 62.0 Å². The summed E-state index contributed by atoms with van der Waals surface area (Å²) in [5.41, 5.74) is 4.30. The zero-order valence-electron chi connectivity index (χ0n) is 12.4. The standard InChI is InChI=1S/C17H24N2/c1-11(2)19(12(3)4)15-8-13-6-5-7-16-17(13)14(9-15)10-18-16/h5-7,10-12,15,18H,8-9H2,1-4H3. The molecule has 0 saturated heterocycles. The topological polar surface area (TPSA) is 19.0 Å². The minimum absolute atomic E-state index is 0.602. The fourth-order valence-electron chi connectivity index (χ4n) is 3.90. The van der Waals surface area contributed by atoms with Gasteiger partial charge in [-0.25, -0.2) is 0 Å². The van der Waals surface area contributed by atoms with E-state index in [0.29, 0.717) is 18.1 Å². The molecule has 19 heavy (non-hydrogen) atoms. The molecule has 102 valence electrons. The molecule has 1 aromatic heterocycles. The summed E-state index contributed by atoms with van der Waals surface area (Å²) in [6.45, 7) is 9.25. The van der Waals surface area contributed by atoms with Gasteiger partial charge in [0.2, 0.25) is 0 Å². The van der Waals surface area contributed by atoms with Crippen LogP contribution < -0.4 is 0 Å². The maximum Gasteiger partial charge on any atom is 0.0459 e. The van der Waals surface area contributed by atoms with E-state index in [1.165, 1.54) is 34.9 Å². The second kappa shape index (κ2) is 4.68. The second-order valence-corrected chi connectivity index (χ2v) is 6.35. The van der Waals surface area contributed by atoms with Gasteiger partial charge in [-0.2, -0.15) is 0 Å². The summed E-state index contributed by atoms with van der Waals surface area (Å²) in [6, 6.07) is 8.49. The van der Waals surface area contributed by atoms with Gasteiger partial charge in [0.25, 0.3) is 0 Å². The van der Waals surface area contributed by atoms with Crippen LogP contribution in [0.5, 0.6) is 0 Å². The number of aromatic amines is 1. The van der Waals surface area contributed by atoms with E-state index < -0.39 is 0 Å². The maximum absolute atomic E-state index is 3.42. The monoisotopic (exact) mass is 256 g/mol. The van der Waals surface area contributed by atoms with Crippen molar-refractivity contribution in [2.45, 2.75) is 58.7 Å². The first-order valence-corrected chi connectivity index (χ1v) is 7.43. The Morgan fingerprint density at radius 1 is 1.05 bits per heavy atom. The van der Waals surface area contributed by atoms with Gasteiger partial charge in [0.15, 0.2) is 0 Å². The average Bonchev–Trinajstić information content (AvgIpc) is 2.73. The van der Waals surface area contributed by atoms with Gasteiger partial charge in [-0.3, -0.25) is 4.90 Å². The molecule has 1 aromatic carbocycles. The zero-order valence-corrected chi connectivity index (χ0v) is 12.4. The third kappa shape index (κ3) is 2.08. The van der Waals surface area contributed by atoms with Crippen LogP contribution in [0.2, 0.25) is 0 Å². The Labute approximate surface area is 115 Å². The molecule has 2 aromatic rings. The van der Waals surface area contributed by atoms with Crippen LogP contribution in [-0.4, -0.2) is 28.0 Å². The van der Waals surface area contributed by atoms with Crippen molar-refractivity contribution in [3.63, 3.8) is 0 Å². The lowest BCUT2D eigenvalue weighted by atomic mass is 9.87.